The summed E-state index contributed by atoms with van der Waals surface area (Å²) >= 11 is 0. The van der Waals surface area contributed by atoms with Crippen LogP contribution in [0.3, 0.4) is 0 Å². The normalized spacial score (nSPS) is 19.4. The van der Waals surface area contributed by atoms with Crippen LogP contribution in [-0.4, -0.2) is 33.7 Å². The zero-order chi connectivity index (χ0) is 21.9. The molecule has 2 aromatic rings. The Morgan fingerprint density at radius 1 is 0.967 bits per heavy atom. The fraction of sp³-hybridized carbons (Fsp3) is 0.455. The molecule has 2 atom stereocenters. The van der Waals surface area contributed by atoms with Gasteiger partial charge >= 0.3 is 0 Å². The maximum Gasteiger partial charge on any atom is 0.261 e. The first kappa shape index (κ1) is 22.8. The summed E-state index contributed by atoms with van der Waals surface area (Å²) in [6.45, 7) is 6.63. The molecule has 8 heteroatoms. The molecule has 3 rings (SSSR count). The summed E-state index contributed by atoms with van der Waals surface area (Å²) in [5.41, 5.74) is 1.42. The summed E-state index contributed by atoms with van der Waals surface area (Å²) in [7, 11) is -7.33. The van der Waals surface area contributed by atoms with E-state index in [9.17, 15) is 16.8 Å². The van der Waals surface area contributed by atoms with Gasteiger partial charge in [-0.1, -0.05) is 32.4 Å². The molecule has 0 spiro atoms. The van der Waals surface area contributed by atoms with Crippen molar-refractivity contribution in [3.05, 3.63) is 54.1 Å². The van der Waals surface area contributed by atoms with Crippen molar-refractivity contribution in [1.82, 2.24) is 4.31 Å². The summed E-state index contributed by atoms with van der Waals surface area (Å²) in [5.74, 6) is 0.367. The number of anilines is 1. The lowest BCUT2D eigenvalue weighted by Crippen LogP contribution is -2.41. The van der Waals surface area contributed by atoms with Crippen LogP contribution in [0, 0.1) is 0 Å². The Morgan fingerprint density at radius 2 is 1.57 bits per heavy atom. The van der Waals surface area contributed by atoms with Crippen molar-refractivity contribution in [2.45, 2.75) is 68.2 Å². The molecule has 0 saturated carbocycles. The van der Waals surface area contributed by atoms with Crippen LogP contribution in [0.15, 0.2) is 58.3 Å². The van der Waals surface area contributed by atoms with Gasteiger partial charge in [0.15, 0.2) is 0 Å². The third-order valence-corrected chi connectivity index (χ3v) is 9.25. The number of nitrogens with one attached hydrogen (secondary N) is 1. The molecule has 2 aromatic carbocycles. The lowest BCUT2D eigenvalue weighted by molar-refractivity contribution is 0.268. The molecule has 2 unspecified atom stereocenters. The Kier molecular flexibility index (Phi) is 6.89. The number of hydrogen-bond donors (Lipinski definition) is 1. The summed E-state index contributed by atoms with van der Waals surface area (Å²) in [6, 6.07) is 12.7. The Labute approximate surface area is 180 Å². The second-order valence-electron chi connectivity index (χ2n) is 7.97. The minimum Gasteiger partial charge on any atom is -0.280 e. The van der Waals surface area contributed by atoms with Crippen LogP contribution >= 0.6 is 0 Å². The highest BCUT2D eigenvalue weighted by molar-refractivity contribution is 7.92. The van der Waals surface area contributed by atoms with Crippen molar-refractivity contribution in [2.24, 2.45) is 0 Å². The summed E-state index contributed by atoms with van der Waals surface area (Å²) in [4.78, 5) is 0.352. The zero-order valence-electron chi connectivity index (χ0n) is 17.7. The molecule has 1 aliphatic heterocycles. The maximum absolute atomic E-state index is 12.9. The van der Waals surface area contributed by atoms with Gasteiger partial charge in [-0.2, -0.15) is 4.31 Å². The fourth-order valence-corrected chi connectivity index (χ4v) is 6.44. The van der Waals surface area contributed by atoms with E-state index in [1.807, 2.05) is 19.1 Å². The molecule has 164 valence electrons. The third-order valence-electron chi connectivity index (χ3n) is 5.83. The topological polar surface area (TPSA) is 83.5 Å². The molecule has 30 heavy (non-hydrogen) atoms. The molecule has 0 bridgehead atoms. The van der Waals surface area contributed by atoms with E-state index in [2.05, 4.69) is 18.6 Å². The van der Waals surface area contributed by atoms with Crippen molar-refractivity contribution in [1.29, 1.82) is 0 Å². The Balaban J connectivity index is 1.76. The van der Waals surface area contributed by atoms with Crippen LogP contribution in [0.1, 0.15) is 57.9 Å². The quantitative estimate of drug-likeness (QED) is 0.670. The van der Waals surface area contributed by atoms with Crippen molar-refractivity contribution in [3.63, 3.8) is 0 Å². The summed E-state index contributed by atoms with van der Waals surface area (Å²) in [5, 5.41) is 0. The predicted molar refractivity (Wildman–Crippen MR) is 120 cm³/mol. The molecule has 0 aromatic heterocycles. The smallest absolute Gasteiger partial charge is 0.261 e. The maximum atomic E-state index is 12.9. The molecule has 0 radical (unpaired) electrons. The highest BCUT2D eigenvalue weighted by Gasteiger charge is 2.30. The van der Waals surface area contributed by atoms with Crippen LogP contribution in [-0.2, 0) is 20.0 Å². The molecule has 0 amide bonds. The van der Waals surface area contributed by atoms with Gasteiger partial charge in [-0.05, 0) is 74.1 Å². The Bertz CT molecular complexity index is 1060. The molecule has 0 aliphatic carbocycles. The first-order valence-corrected chi connectivity index (χ1v) is 13.3. The van der Waals surface area contributed by atoms with Crippen molar-refractivity contribution >= 4 is 25.7 Å². The van der Waals surface area contributed by atoms with Crippen molar-refractivity contribution < 1.29 is 16.8 Å². The van der Waals surface area contributed by atoms with Crippen LogP contribution in [0.4, 0.5) is 5.69 Å². The van der Waals surface area contributed by atoms with Gasteiger partial charge in [0.05, 0.1) is 9.79 Å². The fourth-order valence-electron chi connectivity index (χ4n) is 3.68. The standard InChI is InChI=1S/C22H30N2O4S2/c1-4-17(2)19-8-12-21(13-9-19)29(25,26)23-20-10-14-22(15-11-20)30(27,28)24-16-6-5-7-18(24)3/h8-15,17-18,23H,4-7,16H2,1-3H3. The van der Waals surface area contributed by atoms with Gasteiger partial charge in [0.2, 0.25) is 10.0 Å². The number of hydrogen-bond acceptors (Lipinski definition) is 4. The van der Waals surface area contributed by atoms with E-state index in [4.69, 9.17) is 0 Å². The molecule has 1 saturated heterocycles. The zero-order valence-corrected chi connectivity index (χ0v) is 19.3. The second kappa shape index (κ2) is 9.08. The first-order chi connectivity index (χ1) is 14.1. The van der Waals surface area contributed by atoms with Gasteiger partial charge < -0.3 is 0 Å². The van der Waals surface area contributed by atoms with E-state index in [1.165, 1.54) is 28.6 Å². The van der Waals surface area contributed by atoms with E-state index >= 15 is 0 Å². The van der Waals surface area contributed by atoms with Gasteiger partial charge in [-0.15, -0.1) is 0 Å². The Morgan fingerprint density at radius 3 is 2.13 bits per heavy atom. The van der Waals surface area contributed by atoms with Gasteiger partial charge in [-0.3, -0.25) is 4.72 Å². The van der Waals surface area contributed by atoms with Crippen molar-refractivity contribution in [2.75, 3.05) is 11.3 Å². The minimum absolute atomic E-state index is 0.0275. The number of piperidine rings is 1. The lowest BCUT2D eigenvalue weighted by atomic mass is 9.99. The third kappa shape index (κ3) is 4.87. The second-order valence-corrected chi connectivity index (χ2v) is 11.5. The molecule has 1 heterocycles. The average molecular weight is 451 g/mol. The van der Waals surface area contributed by atoms with Gasteiger partial charge in [0.1, 0.15) is 0 Å². The number of rotatable bonds is 7. The lowest BCUT2D eigenvalue weighted by Gasteiger charge is -2.32. The number of benzene rings is 2. The van der Waals surface area contributed by atoms with E-state index in [0.29, 0.717) is 18.2 Å². The number of sulfonamides is 2. The highest BCUT2D eigenvalue weighted by Crippen LogP contribution is 2.27. The van der Waals surface area contributed by atoms with E-state index in [0.717, 1.165) is 31.2 Å². The molecular formula is C22H30N2O4S2. The minimum atomic E-state index is -3.75. The van der Waals surface area contributed by atoms with Crippen LogP contribution in [0.2, 0.25) is 0 Å². The summed E-state index contributed by atoms with van der Waals surface area (Å²) < 4.78 is 55.3. The van der Waals surface area contributed by atoms with E-state index < -0.39 is 20.0 Å². The summed E-state index contributed by atoms with van der Waals surface area (Å²) in [6.07, 6.45) is 3.73. The van der Waals surface area contributed by atoms with Crippen LogP contribution in [0.25, 0.3) is 0 Å². The molecule has 1 aliphatic rings. The van der Waals surface area contributed by atoms with E-state index in [-0.39, 0.29) is 15.8 Å². The molecule has 1 fully saturated rings. The number of nitrogens with zero attached hydrogens (tertiary/aromatic N) is 1. The Hall–Kier alpha value is -1.90. The molecular weight excluding hydrogens is 420 g/mol. The van der Waals surface area contributed by atoms with Gasteiger partial charge in [-0.25, -0.2) is 16.8 Å². The average Bonchev–Trinajstić information content (AvgIpc) is 2.73. The van der Waals surface area contributed by atoms with Crippen LogP contribution in [0.5, 0.6) is 0 Å². The first-order valence-electron chi connectivity index (χ1n) is 10.4. The largest absolute Gasteiger partial charge is 0.280 e. The van der Waals surface area contributed by atoms with Crippen LogP contribution < -0.4 is 4.72 Å². The highest BCUT2D eigenvalue weighted by atomic mass is 32.2. The van der Waals surface area contributed by atoms with E-state index in [1.54, 1.807) is 12.1 Å². The predicted octanol–water partition coefficient (Wildman–Crippen LogP) is 4.56. The SMILES string of the molecule is CCC(C)c1ccc(S(=O)(=O)Nc2ccc(S(=O)(=O)N3CCCCC3C)cc2)cc1. The monoisotopic (exact) mass is 450 g/mol. The molecule has 6 nitrogen and oxygen atoms in total. The van der Waals surface area contributed by atoms with Crippen molar-refractivity contribution in [3.8, 4) is 0 Å². The van der Waals surface area contributed by atoms with Gasteiger partial charge in [0.25, 0.3) is 10.0 Å². The molecule has 1 N–H and O–H groups in total. The van der Waals surface area contributed by atoms with Gasteiger partial charge in [0, 0.05) is 18.3 Å².